The molecule has 17 heavy (non-hydrogen) atoms. The predicted molar refractivity (Wildman–Crippen MR) is 63.4 cm³/mol. The molecule has 0 saturated carbocycles. The van der Waals surface area contributed by atoms with Crippen molar-refractivity contribution in [2.24, 2.45) is 5.84 Å². The minimum atomic E-state index is -0.417. The zero-order valence-corrected chi connectivity index (χ0v) is 9.52. The van der Waals surface area contributed by atoms with E-state index in [9.17, 15) is 4.79 Å². The van der Waals surface area contributed by atoms with Gasteiger partial charge >= 0.3 is 5.97 Å². The van der Waals surface area contributed by atoms with Crippen LogP contribution in [0.15, 0.2) is 18.3 Å². The molecule has 0 amide bonds. The molecule has 3 N–H and O–H groups in total. The molecule has 0 radical (unpaired) electrons. The van der Waals surface area contributed by atoms with E-state index in [4.69, 9.17) is 5.84 Å². The van der Waals surface area contributed by atoms with Crippen LogP contribution in [0.25, 0.3) is 11.0 Å². The van der Waals surface area contributed by atoms with Crippen LogP contribution >= 0.6 is 0 Å². The van der Waals surface area contributed by atoms with Crippen molar-refractivity contribution in [3.8, 4) is 0 Å². The van der Waals surface area contributed by atoms with E-state index in [1.54, 1.807) is 12.1 Å². The summed E-state index contributed by atoms with van der Waals surface area (Å²) >= 11 is 0. The molecule has 0 unspecified atom stereocenters. The van der Waals surface area contributed by atoms with Crippen molar-refractivity contribution >= 4 is 22.8 Å². The van der Waals surface area contributed by atoms with Gasteiger partial charge < -0.3 is 10.2 Å². The molecule has 2 aromatic heterocycles. The van der Waals surface area contributed by atoms with Crippen LogP contribution in [0.5, 0.6) is 0 Å². The van der Waals surface area contributed by atoms with Crippen molar-refractivity contribution in [2.45, 2.75) is 6.92 Å². The zero-order chi connectivity index (χ0) is 12.4. The van der Waals surface area contributed by atoms with Crippen molar-refractivity contribution in [1.82, 2.24) is 9.97 Å². The summed E-state index contributed by atoms with van der Waals surface area (Å²) in [6, 6.07) is 3.49. The lowest BCUT2D eigenvalue weighted by Gasteiger charge is -2.06. The number of methoxy groups -OCH3 is 1. The second kappa shape index (κ2) is 4.34. The number of nitrogens with zero attached hydrogens (tertiary/aromatic N) is 2. The number of hydrazine groups is 1. The van der Waals surface area contributed by atoms with Crippen LogP contribution in [-0.2, 0) is 4.74 Å². The lowest BCUT2D eigenvalue weighted by molar-refractivity contribution is 0.0600. The Bertz CT molecular complexity index is 583. The van der Waals surface area contributed by atoms with E-state index in [1.807, 2.05) is 6.92 Å². The molecule has 2 rings (SSSR count). The van der Waals surface area contributed by atoms with E-state index in [-0.39, 0.29) is 0 Å². The van der Waals surface area contributed by atoms with Crippen LogP contribution in [0, 0.1) is 6.92 Å². The summed E-state index contributed by atoms with van der Waals surface area (Å²) in [6.45, 7) is 1.90. The van der Waals surface area contributed by atoms with Gasteiger partial charge in [-0.15, -0.1) is 0 Å². The Labute approximate surface area is 97.8 Å². The van der Waals surface area contributed by atoms with E-state index >= 15 is 0 Å². The summed E-state index contributed by atoms with van der Waals surface area (Å²) in [7, 11) is 1.33. The molecule has 6 heteroatoms. The number of hydrogen-bond acceptors (Lipinski definition) is 6. The van der Waals surface area contributed by atoms with Gasteiger partial charge in [0, 0.05) is 11.6 Å². The first-order valence-electron chi connectivity index (χ1n) is 4.98. The van der Waals surface area contributed by atoms with Crippen LogP contribution in [0.4, 0.5) is 5.82 Å². The quantitative estimate of drug-likeness (QED) is 0.456. The number of pyridine rings is 2. The largest absolute Gasteiger partial charge is 0.465 e. The number of carbonyl (C=O) groups is 1. The Balaban J connectivity index is 2.62. The lowest BCUT2D eigenvalue weighted by atomic mass is 10.1. The van der Waals surface area contributed by atoms with Crippen molar-refractivity contribution in [3.05, 3.63) is 29.5 Å². The number of carbonyl (C=O) groups excluding carboxylic acids is 1. The van der Waals surface area contributed by atoms with E-state index < -0.39 is 5.97 Å². The second-order valence-corrected chi connectivity index (χ2v) is 3.56. The topological polar surface area (TPSA) is 90.1 Å². The number of rotatable bonds is 2. The Kier molecular flexibility index (Phi) is 2.88. The third-order valence-electron chi connectivity index (χ3n) is 2.44. The number of anilines is 1. The maximum Gasteiger partial charge on any atom is 0.339 e. The van der Waals surface area contributed by atoms with Gasteiger partial charge in [-0.2, -0.15) is 0 Å². The number of aryl methyl sites for hydroxylation is 1. The Morgan fingerprint density at radius 3 is 2.88 bits per heavy atom. The molecule has 0 aliphatic rings. The number of aromatic nitrogens is 2. The first kappa shape index (κ1) is 11.3. The van der Waals surface area contributed by atoms with E-state index in [0.717, 1.165) is 10.9 Å². The SMILES string of the molecule is COC(=O)c1cnc2nc(NN)cc(C)c2c1. The third-order valence-corrected chi connectivity index (χ3v) is 2.44. The van der Waals surface area contributed by atoms with Gasteiger partial charge in [0.1, 0.15) is 5.82 Å². The average molecular weight is 232 g/mol. The fraction of sp³-hybridized carbons (Fsp3) is 0.182. The number of hydrogen-bond donors (Lipinski definition) is 2. The Morgan fingerprint density at radius 2 is 2.24 bits per heavy atom. The van der Waals surface area contributed by atoms with Gasteiger partial charge in [-0.25, -0.2) is 20.6 Å². The van der Waals surface area contributed by atoms with Crippen LogP contribution in [0.3, 0.4) is 0 Å². The minimum absolute atomic E-state index is 0.401. The highest BCUT2D eigenvalue weighted by atomic mass is 16.5. The molecule has 0 bridgehead atoms. The van der Waals surface area contributed by atoms with Crippen LogP contribution in [-0.4, -0.2) is 23.0 Å². The molecule has 0 fully saturated rings. The molecule has 0 saturated heterocycles. The maximum atomic E-state index is 11.4. The van der Waals surface area contributed by atoms with Gasteiger partial charge in [0.15, 0.2) is 5.65 Å². The predicted octanol–water partition coefficient (Wildman–Crippen LogP) is 1.01. The Morgan fingerprint density at radius 1 is 1.47 bits per heavy atom. The number of ether oxygens (including phenoxy) is 1. The first-order chi connectivity index (χ1) is 8.15. The van der Waals surface area contributed by atoms with Gasteiger partial charge in [-0.3, -0.25) is 0 Å². The van der Waals surface area contributed by atoms with Crippen molar-refractivity contribution in [3.63, 3.8) is 0 Å². The summed E-state index contributed by atoms with van der Waals surface area (Å²) in [4.78, 5) is 19.7. The molecule has 0 aliphatic carbocycles. The van der Waals surface area contributed by atoms with Gasteiger partial charge in [-0.1, -0.05) is 0 Å². The van der Waals surface area contributed by atoms with Gasteiger partial charge in [-0.05, 0) is 24.6 Å². The molecule has 2 aromatic rings. The highest BCUT2D eigenvalue weighted by Gasteiger charge is 2.09. The van der Waals surface area contributed by atoms with Crippen LogP contribution < -0.4 is 11.3 Å². The van der Waals surface area contributed by atoms with E-state index in [1.165, 1.54) is 13.3 Å². The van der Waals surface area contributed by atoms with E-state index in [2.05, 4.69) is 20.1 Å². The summed E-state index contributed by atoms with van der Waals surface area (Å²) in [5.41, 5.74) is 4.33. The van der Waals surface area contributed by atoms with Crippen LogP contribution in [0.2, 0.25) is 0 Å². The number of esters is 1. The molecule has 2 heterocycles. The van der Waals surface area contributed by atoms with E-state index in [0.29, 0.717) is 17.0 Å². The highest BCUT2D eigenvalue weighted by molar-refractivity contribution is 5.93. The lowest BCUT2D eigenvalue weighted by Crippen LogP contribution is -2.09. The molecule has 0 aliphatic heterocycles. The fourth-order valence-electron chi connectivity index (χ4n) is 1.57. The van der Waals surface area contributed by atoms with Gasteiger partial charge in [0.05, 0.1) is 12.7 Å². The smallest absolute Gasteiger partial charge is 0.339 e. The van der Waals surface area contributed by atoms with Crippen molar-refractivity contribution < 1.29 is 9.53 Å². The number of nitrogen functional groups attached to an aromatic ring is 1. The highest BCUT2D eigenvalue weighted by Crippen LogP contribution is 2.19. The normalized spacial score (nSPS) is 10.3. The molecule has 6 nitrogen and oxygen atoms in total. The molecule has 0 atom stereocenters. The molecule has 0 spiro atoms. The second-order valence-electron chi connectivity index (χ2n) is 3.56. The molecular formula is C11H12N4O2. The standard InChI is InChI=1S/C11H12N4O2/c1-6-3-9(15-12)14-10-8(6)4-7(5-13-10)11(16)17-2/h3-5H,12H2,1-2H3,(H,13,14,15). The van der Waals surface area contributed by atoms with Gasteiger partial charge in [0.2, 0.25) is 0 Å². The first-order valence-corrected chi connectivity index (χ1v) is 4.98. The fourth-order valence-corrected chi connectivity index (χ4v) is 1.57. The summed E-state index contributed by atoms with van der Waals surface area (Å²) in [5, 5.41) is 0.798. The molecule has 88 valence electrons. The van der Waals surface area contributed by atoms with Crippen LogP contribution in [0.1, 0.15) is 15.9 Å². The molecule has 0 aromatic carbocycles. The monoisotopic (exact) mass is 232 g/mol. The van der Waals surface area contributed by atoms with Gasteiger partial charge in [0.25, 0.3) is 0 Å². The summed E-state index contributed by atoms with van der Waals surface area (Å²) < 4.78 is 4.64. The summed E-state index contributed by atoms with van der Waals surface area (Å²) in [6.07, 6.45) is 1.43. The van der Waals surface area contributed by atoms with Crippen molar-refractivity contribution in [1.29, 1.82) is 0 Å². The average Bonchev–Trinajstić information content (AvgIpc) is 2.37. The number of nitrogens with two attached hydrogens (primary N) is 1. The Hall–Kier alpha value is -2.21. The summed E-state index contributed by atoms with van der Waals surface area (Å²) in [5.74, 6) is 5.41. The number of fused-ring (bicyclic) bond motifs is 1. The zero-order valence-electron chi connectivity index (χ0n) is 9.52. The maximum absolute atomic E-state index is 11.4. The molecular weight excluding hydrogens is 220 g/mol. The number of nitrogens with one attached hydrogen (secondary N) is 1. The minimum Gasteiger partial charge on any atom is -0.465 e. The van der Waals surface area contributed by atoms with Crippen molar-refractivity contribution in [2.75, 3.05) is 12.5 Å². The third kappa shape index (κ3) is 2.02.